The fourth-order valence-electron chi connectivity index (χ4n) is 1.41. The Morgan fingerprint density at radius 1 is 1.58 bits per heavy atom. The summed E-state index contributed by atoms with van der Waals surface area (Å²) in [6.07, 6.45) is 2.54. The standard InChI is InChI=1S/C8H10ClN3/c9-8-5-1-2-11-4-7(5)12-3-6(8)10/h3,11H,1-2,4,10H2. The van der Waals surface area contributed by atoms with Gasteiger partial charge in [-0.05, 0) is 18.5 Å². The number of hydrogen-bond acceptors (Lipinski definition) is 3. The zero-order valence-corrected chi connectivity index (χ0v) is 7.36. The van der Waals surface area contributed by atoms with Crippen molar-refractivity contribution >= 4 is 17.3 Å². The van der Waals surface area contributed by atoms with Gasteiger partial charge in [0.15, 0.2) is 0 Å². The van der Waals surface area contributed by atoms with E-state index in [1.807, 2.05) is 0 Å². The van der Waals surface area contributed by atoms with Crippen LogP contribution < -0.4 is 11.1 Å². The van der Waals surface area contributed by atoms with Crippen molar-refractivity contribution < 1.29 is 0 Å². The Morgan fingerprint density at radius 2 is 2.42 bits per heavy atom. The Kier molecular flexibility index (Phi) is 1.90. The first-order chi connectivity index (χ1) is 5.79. The van der Waals surface area contributed by atoms with Gasteiger partial charge in [-0.1, -0.05) is 11.6 Å². The summed E-state index contributed by atoms with van der Waals surface area (Å²) >= 11 is 6.02. The second-order valence-corrected chi connectivity index (χ2v) is 3.26. The molecule has 4 heteroatoms. The average Bonchev–Trinajstić information content (AvgIpc) is 2.12. The number of nitrogens with one attached hydrogen (secondary N) is 1. The molecule has 2 heterocycles. The molecular weight excluding hydrogens is 174 g/mol. The highest BCUT2D eigenvalue weighted by Crippen LogP contribution is 2.26. The van der Waals surface area contributed by atoms with E-state index in [0.29, 0.717) is 10.7 Å². The molecule has 1 aliphatic heterocycles. The van der Waals surface area contributed by atoms with E-state index >= 15 is 0 Å². The third-order valence-electron chi connectivity index (χ3n) is 2.07. The summed E-state index contributed by atoms with van der Waals surface area (Å²) in [6, 6.07) is 0. The predicted molar refractivity (Wildman–Crippen MR) is 49.1 cm³/mol. The van der Waals surface area contributed by atoms with Crippen molar-refractivity contribution in [3.8, 4) is 0 Å². The lowest BCUT2D eigenvalue weighted by Gasteiger charge is -2.17. The first-order valence-corrected chi connectivity index (χ1v) is 4.29. The number of rotatable bonds is 0. The summed E-state index contributed by atoms with van der Waals surface area (Å²) in [5.41, 5.74) is 8.34. The fraction of sp³-hybridized carbons (Fsp3) is 0.375. The van der Waals surface area contributed by atoms with E-state index in [1.54, 1.807) is 6.20 Å². The van der Waals surface area contributed by atoms with Crippen LogP contribution in [0.3, 0.4) is 0 Å². The van der Waals surface area contributed by atoms with Crippen LogP contribution in [0.25, 0.3) is 0 Å². The van der Waals surface area contributed by atoms with Crippen molar-refractivity contribution in [2.24, 2.45) is 0 Å². The summed E-state index contributed by atoms with van der Waals surface area (Å²) in [5, 5.41) is 3.91. The van der Waals surface area contributed by atoms with Gasteiger partial charge in [0, 0.05) is 6.54 Å². The molecule has 0 atom stereocenters. The number of anilines is 1. The number of pyridine rings is 1. The Morgan fingerprint density at radius 3 is 3.25 bits per heavy atom. The van der Waals surface area contributed by atoms with Gasteiger partial charge in [0.2, 0.25) is 0 Å². The lowest BCUT2D eigenvalue weighted by molar-refractivity contribution is 0.628. The Hall–Kier alpha value is -0.800. The zero-order valence-electron chi connectivity index (χ0n) is 6.60. The molecule has 0 aromatic carbocycles. The van der Waals surface area contributed by atoms with Crippen LogP contribution in [0.15, 0.2) is 6.20 Å². The lowest BCUT2D eigenvalue weighted by Crippen LogP contribution is -2.25. The average molecular weight is 184 g/mol. The molecule has 1 aromatic heterocycles. The van der Waals surface area contributed by atoms with Gasteiger partial charge in [0.05, 0.1) is 22.6 Å². The molecule has 3 nitrogen and oxygen atoms in total. The molecule has 1 aliphatic rings. The van der Waals surface area contributed by atoms with E-state index in [1.165, 1.54) is 0 Å². The number of fused-ring (bicyclic) bond motifs is 1. The molecule has 0 bridgehead atoms. The molecule has 0 saturated carbocycles. The Labute approximate surface area is 75.9 Å². The van der Waals surface area contributed by atoms with E-state index in [2.05, 4.69) is 10.3 Å². The second kappa shape index (κ2) is 2.92. The maximum absolute atomic E-state index is 6.02. The number of aromatic nitrogens is 1. The van der Waals surface area contributed by atoms with Crippen LogP contribution in [0.1, 0.15) is 11.3 Å². The minimum Gasteiger partial charge on any atom is -0.396 e. The molecule has 12 heavy (non-hydrogen) atoms. The van der Waals surface area contributed by atoms with Crippen LogP contribution >= 0.6 is 11.6 Å². The molecule has 1 aromatic rings. The van der Waals surface area contributed by atoms with Crippen molar-refractivity contribution in [2.45, 2.75) is 13.0 Å². The smallest absolute Gasteiger partial charge is 0.0702 e. The number of nitrogen functional groups attached to an aromatic ring is 1. The van der Waals surface area contributed by atoms with Gasteiger partial charge in [-0.25, -0.2) is 0 Å². The van der Waals surface area contributed by atoms with E-state index in [0.717, 1.165) is 30.8 Å². The maximum Gasteiger partial charge on any atom is 0.0702 e. The van der Waals surface area contributed by atoms with Crippen molar-refractivity contribution in [1.29, 1.82) is 0 Å². The molecular formula is C8H10ClN3. The highest BCUT2D eigenvalue weighted by atomic mass is 35.5. The molecule has 3 N–H and O–H groups in total. The largest absolute Gasteiger partial charge is 0.396 e. The first-order valence-electron chi connectivity index (χ1n) is 3.91. The van der Waals surface area contributed by atoms with Crippen LogP contribution in [0.4, 0.5) is 5.69 Å². The van der Waals surface area contributed by atoms with Gasteiger partial charge in [0.1, 0.15) is 0 Å². The van der Waals surface area contributed by atoms with Crippen molar-refractivity contribution in [3.63, 3.8) is 0 Å². The molecule has 0 radical (unpaired) electrons. The number of nitrogens with zero attached hydrogens (tertiary/aromatic N) is 1. The van der Waals surface area contributed by atoms with Crippen LogP contribution in [0.2, 0.25) is 5.02 Å². The topological polar surface area (TPSA) is 50.9 Å². The SMILES string of the molecule is Nc1cnc2c(c1Cl)CCNC2. The molecule has 0 fully saturated rings. The normalized spacial score (nSPS) is 15.8. The van der Waals surface area contributed by atoms with Crippen LogP contribution in [-0.4, -0.2) is 11.5 Å². The van der Waals surface area contributed by atoms with Gasteiger partial charge >= 0.3 is 0 Å². The molecule has 0 saturated heterocycles. The predicted octanol–water partition coefficient (Wildman–Crippen LogP) is 0.963. The third-order valence-corrected chi connectivity index (χ3v) is 2.52. The molecule has 0 unspecified atom stereocenters. The Balaban J connectivity index is 2.54. The number of hydrogen-bond donors (Lipinski definition) is 2. The van der Waals surface area contributed by atoms with Crippen LogP contribution in [0.5, 0.6) is 0 Å². The van der Waals surface area contributed by atoms with E-state index in [4.69, 9.17) is 17.3 Å². The van der Waals surface area contributed by atoms with Gasteiger partial charge < -0.3 is 11.1 Å². The summed E-state index contributed by atoms with van der Waals surface area (Å²) in [7, 11) is 0. The summed E-state index contributed by atoms with van der Waals surface area (Å²) in [5.74, 6) is 0. The summed E-state index contributed by atoms with van der Waals surface area (Å²) in [4.78, 5) is 4.21. The Bertz CT molecular complexity index is 311. The maximum atomic E-state index is 6.02. The zero-order chi connectivity index (χ0) is 8.55. The lowest BCUT2D eigenvalue weighted by atomic mass is 10.1. The molecule has 0 aliphatic carbocycles. The highest BCUT2D eigenvalue weighted by Gasteiger charge is 2.14. The first kappa shape index (κ1) is 7.83. The minimum absolute atomic E-state index is 0.581. The van der Waals surface area contributed by atoms with Gasteiger partial charge in [-0.2, -0.15) is 0 Å². The second-order valence-electron chi connectivity index (χ2n) is 2.88. The van der Waals surface area contributed by atoms with E-state index in [9.17, 15) is 0 Å². The molecule has 2 rings (SSSR count). The minimum atomic E-state index is 0.581. The van der Waals surface area contributed by atoms with Gasteiger partial charge in [0.25, 0.3) is 0 Å². The fourth-order valence-corrected chi connectivity index (χ4v) is 1.66. The summed E-state index contributed by atoms with van der Waals surface area (Å²) in [6.45, 7) is 1.76. The van der Waals surface area contributed by atoms with Gasteiger partial charge in [-0.15, -0.1) is 0 Å². The van der Waals surface area contributed by atoms with Crippen LogP contribution in [0, 0.1) is 0 Å². The third kappa shape index (κ3) is 1.15. The van der Waals surface area contributed by atoms with Crippen molar-refractivity contribution in [2.75, 3.05) is 12.3 Å². The number of halogens is 1. The molecule has 0 spiro atoms. The molecule has 0 amide bonds. The van der Waals surface area contributed by atoms with E-state index in [-0.39, 0.29) is 0 Å². The van der Waals surface area contributed by atoms with Crippen molar-refractivity contribution in [1.82, 2.24) is 10.3 Å². The van der Waals surface area contributed by atoms with Gasteiger partial charge in [-0.3, -0.25) is 4.98 Å². The molecule has 64 valence electrons. The quantitative estimate of drug-likeness (QED) is 0.630. The number of nitrogens with two attached hydrogens (primary N) is 1. The van der Waals surface area contributed by atoms with Crippen molar-refractivity contribution in [3.05, 3.63) is 22.5 Å². The van der Waals surface area contributed by atoms with E-state index < -0.39 is 0 Å². The van der Waals surface area contributed by atoms with Crippen LogP contribution in [-0.2, 0) is 13.0 Å². The monoisotopic (exact) mass is 183 g/mol. The summed E-state index contributed by atoms with van der Waals surface area (Å²) < 4.78 is 0. The highest BCUT2D eigenvalue weighted by molar-refractivity contribution is 6.33.